The number of benzene rings is 1. The molecule has 0 aliphatic rings. The first-order chi connectivity index (χ1) is 9.49. The predicted octanol–water partition coefficient (Wildman–Crippen LogP) is 3.23. The van der Waals surface area contributed by atoms with Gasteiger partial charge in [-0.1, -0.05) is 36.5 Å². The molecule has 0 spiro atoms. The Morgan fingerprint density at radius 2 is 2.05 bits per heavy atom. The summed E-state index contributed by atoms with van der Waals surface area (Å²) >= 11 is 11.7. The fourth-order valence-electron chi connectivity index (χ4n) is 2.05. The van der Waals surface area contributed by atoms with E-state index in [1.165, 1.54) is 12.1 Å². The molecule has 0 radical (unpaired) electrons. The van der Waals surface area contributed by atoms with Crippen LogP contribution in [0, 0.1) is 5.92 Å². The predicted molar refractivity (Wildman–Crippen MR) is 80.6 cm³/mol. The zero-order chi connectivity index (χ0) is 15.1. The summed E-state index contributed by atoms with van der Waals surface area (Å²) in [5.41, 5.74) is 0.0234. The van der Waals surface area contributed by atoms with Gasteiger partial charge in [0.2, 0.25) is 0 Å². The molecule has 112 valence electrons. The summed E-state index contributed by atoms with van der Waals surface area (Å²) in [6.45, 7) is 2.58. The molecule has 6 heteroatoms. The molecule has 1 rings (SSSR count). The van der Waals surface area contributed by atoms with Gasteiger partial charge < -0.3 is 15.5 Å². The number of aromatic hydroxyl groups is 1. The molecule has 1 aromatic rings. The van der Waals surface area contributed by atoms with Crippen LogP contribution in [0.2, 0.25) is 10.0 Å². The molecule has 1 aromatic carbocycles. The Kier molecular flexibility index (Phi) is 7.13. The normalized spacial score (nSPS) is 12.2. The van der Waals surface area contributed by atoms with Crippen molar-refractivity contribution >= 4 is 29.1 Å². The Balaban J connectivity index is 2.71. The van der Waals surface area contributed by atoms with E-state index in [0.717, 1.165) is 12.8 Å². The summed E-state index contributed by atoms with van der Waals surface area (Å²) in [7, 11) is 0. The number of halogens is 2. The molecule has 0 saturated heterocycles. The van der Waals surface area contributed by atoms with Gasteiger partial charge in [0.1, 0.15) is 5.75 Å². The topological polar surface area (TPSA) is 69.6 Å². The molecule has 0 heterocycles. The summed E-state index contributed by atoms with van der Waals surface area (Å²) < 4.78 is 0. The molecule has 0 aliphatic heterocycles. The van der Waals surface area contributed by atoms with Gasteiger partial charge in [0.25, 0.3) is 5.91 Å². The molecule has 1 atom stereocenters. The summed E-state index contributed by atoms with van der Waals surface area (Å²) in [6, 6.07) is 2.69. The number of hydrogen-bond donors (Lipinski definition) is 3. The lowest BCUT2D eigenvalue weighted by Crippen LogP contribution is -2.30. The fraction of sp³-hybridized carbons (Fsp3) is 0.500. The van der Waals surface area contributed by atoms with E-state index in [1.807, 2.05) is 6.92 Å². The molecule has 0 aliphatic carbocycles. The van der Waals surface area contributed by atoms with E-state index in [9.17, 15) is 9.90 Å². The fourth-order valence-corrected chi connectivity index (χ4v) is 2.62. The van der Waals surface area contributed by atoms with Crippen LogP contribution in [0.4, 0.5) is 0 Å². The maximum absolute atomic E-state index is 12.0. The van der Waals surface area contributed by atoms with Crippen LogP contribution in [0.15, 0.2) is 12.1 Å². The van der Waals surface area contributed by atoms with E-state index < -0.39 is 5.91 Å². The van der Waals surface area contributed by atoms with Crippen molar-refractivity contribution in [2.24, 2.45) is 5.92 Å². The van der Waals surface area contributed by atoms with Gasteiger partial charge >= 0.3 is 0 Å². The quantitative estimate of drug-likeness (QED) is 0.722. The van der Waals surface area contributed by atoms with Crippen LogP contribution in [-0.4, -0.2) is 29.3 Å². The Bertz CT molecular complexity index is 437. The number of phenols is 1. The number of nitrogens with one attached hydrogen (secondary N) is 1. The highest BCUT2D eigenvalue weighted by Gasteiger charge is 2.17. The minimum absolute atomic E-state index is 0.0234. The van der Waals surface area contributed by atoms with Crippen LogP contribution >= 0.6 is 23.2 Å². The molecule has 20 heavy (non-hydrogen) atoms. The van der Waals surface area contributed by atoms with Gasteiger partial charge in [0, 0.05) is 18.2 Å². The summed E-state index contributed by atoms with van der Waals surface area (Å²) in [4.78, 5) is 12.0. The van der Waals surface area contributed by atoms with Crippen molar-refractivity contribution < 1.29 is 15.0 Å². The monoisotopic (exact) mass is 319 g/mol. The number of hydrogen-bond acceptors (Lipinski definition) is 3. The van der Waals surface area contributed by atoms with Crippen LogP contribution in [0.25, 0.3) is 0 Å². The molecular weight excluding hydrogens is 301 g/mol. The van der Waals surface area contributed by atoms with Crippen LogP contribution in [0.1, 0.15) is 36.5 Å². The smallest absolute Gasteiger partial charge is 0.256 e. The van der Waals surface area contributed by atoms with E-state index in [0.29, 0.717) is 13.0 Å². The Morgan fingerprint density at radius 3 is 2.60 bits per heavy atom. The number of carbonyl (C=O) groups excluding carboxylic acids is 1. The second kappa shape index (κ2) is 8.35. The first-order valence-corrected chi connectivity index (χ1v) is 7.32. The standard InChI is InChI=1S/C14H19Cl2NO3/c1-2-3-9(4-5-18)8-17-14(20)13-11(16)6-10(15)7-12(13)19/h6-7,9,18-19H,2-5,8H2,1H3,(H,17,20). The highest BCUT2D eigenvalue weighted by molar-refractivity contribution is 6.37. The Morgan fingerprint density at radius 1 is 1.35 bits per heavy atom. The highest BCUT2D eigenvalue weighted by Crippen LogP contribution is 2.29. The molecule has 0 bridgehead atoms. The van der Waals surface area contributed by atoms with Gasteiger partial charge in [0.05, 0.1) is 10.6 Å². The van der Waals surface area contributed by atoms with Gasteiger partial charge in [-0.05, 0) is 30.9 Å². The molecule has 0 saturated carbocycles. The van der Waals surface area contributed by atoms with Crippen molar-refractivity contribution in [1.29, 1.82) is 0 Å². The van der Waals surface area contributed by atoms with Crippen LogP contribution in [-0.2, 0) is 0 Å². The van der Waals surface area contributed by atoms with E-state index >= 15 is 0 Å². The lowest BCUT2D eigenvalue weighted by atomic mass is 10.00. The van der Waals surface area contributed by atoms with E-state index in [4.69, 9.17) is 28.3 Å². The van der Waals surface area contributed by atoms with Gasteiger partial charge in [-0.25, -0.2) is 0 Å². The minimum Gasteiger partial charge on any atom is -0.507 e. The molecule has 0 aromatic heterocycles. The number of phenolic OH excluding ortho intramolecular Hbond substituents is 1. The second-order valence-corrected chi connectivity index (χ2v) is 5.50. The molecular formula is C14H19Cl2NO3. The van der Waals surface area contributed by atoms with Crippen molar-refractivity contribution in [3.05, 3.63) is 27.7 Å². The first kappa shape index (κ1) is 17.1. The molecule has 0 fully saturated rings. The second-order valence-electron chi connectivity index (χ2n) is 4.66. The average Bonchev–Trinajstić information content (AvgIpc) is 2.35. The third-order valence-corrected chi connectivity index (χ3v) is 3.56. The maximum Gasteiger partial charge on any atom is 0.256 e. The highest BCUT2D eigenvalue weighted by atomic mass is 35.5. The van der Waals surface area contributed by atoms with Gasteiger partial charge in [0.15, 0.2) is 0 Å². The zero-order valence-electron chi connectivity index (χ0n) is 11.3. The number of carbonyl (C=O) groups is 1. The lowest BCUT2D eigenvalue weighted by molar-refractivity contribution is 0.0940. The molecule has 4 nitrogen and oxygen atoms in total. The SMILES string of the molecule is CCCC(CCO)CNC(=O)c1c(O)cc(Cl)cc1Cl. The van der Waals surface area contributed by atoms with Crippen LogP contribution < -0.4 is 5.32 Å². The van der Waals surface area contributed by atoms with E-state index in [-0.39, 0.29) is 33.9 Å². The third-order valence-electron chi connectivity index (χ3n) is 3.05. The largest absolute Gasteiger partial charge is 0.507 e. The Labute approximate surface area is 128 Å². The lowest BCUT2D eigenvalue weighted by Gasteiger charge is -2.16. The first-order valence-electron chi connectivity index (χ1n) is 6.56. The molecule has 1 unspecified atom stereocenters. The van der Waals surface area contributed by atoms with E-state index in [2.05, 4.69) is 5.32 Å². The van der Waals surface area contributed by atoms with Gasteiger partial charge in [-0.3, -0.25) is 4.79 Å². The number of rotatable bonds is 7. The maximum atomic E-state index is 12.0. The van der Waals surface area contributed by atoms with Crippen LogP contribution in [0.5, 0.6) is 5.75 Å². The van der Waals surface area contributed by atoms with Crippen molar-refractivity contribution in [1.82, 2.24) is 5.32 Å². The number of aliphatic hydroxyl groups excluding tert-OH is 1. The van der Waals surface area contributed by atoms with Crippen molar-refractivity contribution in [3.63, 3.8) is 0 Å². The van der Waals surface area contributed by atoms with E-state index in [1.54, 1.807) is 0 Å². The molecule has 1 amide bonds. The summed E-state index contributed by atoms with van der Waals surface area (Å²) in [5.74, 6) is -0.473. The van der Waals surface area contributed by atoms with Crippen molar-refractivity contribution in [3.8, 4) is 5.75 Å². The van der Waals surface area contributed by atoms with Crippen molar-refractivity contribution in [2.75, 3.05) is 13.2 Å². The van der Waals surface area contributed by atoms with Crippen molar-refractivity contribution in [2.45, 2.75) is 26.2 Å². The zero-order valence-corrected chi connectivity index (χ0v) is 12.8. The number of amides is 1. The molecule has 3 N–H and O–H groups in total. The van der Waals surface area contributed by atoms with Gasteiger partial charge in [-0.15, -0.1) is 0 Å². The minimum atomic E-state index is -0.441. The third kappa shape index (κ3) is 4.85. The number of aliphatic hydroxyl groups is 1. The van der Waals surface area contributed by atoms with Gasteiger partial charge in [-0.2, -0.15) is 0 Å². The van der Waals surface area contributed by atoms with Crippen LogP contribution in [0.3, 0.4) is 0 Å². The summed E-state index contributed by atoms with van der Waals surface area (Å²) in [5, 5.41) is 21.8. The average molecular weight is 320 g/mol. The summed E-state index contributed by atoms with van der Waals surface area (Å²) in [6.07, 6.45) is 2.53. The Hall–Kier alpha value is -0.970.